The van der Waals surface area contributed by atoms with Crippen molar-refractivity contribution in [2.24, 2.45) is 5.92 Å². The molecular formula is C15H21N5. The number of rotatable bonds is 3. The van der Waals surface area contributed by atoms with Crippen molar-refractivity contribution >= 4 is 5.82 Å². The predicted octanol–water partition coefficient (Wildman–Crippen LogP) is 2.21. The third-order valence-electron chi connectivity index (χ3n) is 4.01. The number of aromatic nitrogens is 4. The van der Waals surface area contributed by atoms with Gasteiger partial charge in [-0.15, -0.1) is 0 Å². The Bertz CT molecular complexity index is 577. The van der Waals surface area contributed by atoms with Crippen LogP contribution in [0, 0.1) is 19.8 Å². The van der Waals surface area contributed by atoms with Crippen LogP contribution in [0.25, 0.3) is 0 Å². The number of piperidine rings is 1. The van der Waals surface area contributed by atoms with Crippen molar-refractivity contribution in [3.8, 4) is 0 Å². The van der Waals surface area contributed by atoms with E-state index in [4.69, 9.17) is 0 Å². The van der Waals surface area contributed by atoms with Gasteiger partial charge in [0.05, 0.1) is 0 Å². The number of hydrogen-bond acceptors (Lipinski definition) is 4. The van der Waals surface area contributed by atoms with E-state index in [0.29, 0.717) is 5.92 Å². The highest BCUT2D eigenvalue weighted by Crippen LogP contribution is 2.23. The Labute approximate surface area is 119 Å². The van der Waals surface area contributed by atoms with Crippen molar-refractivity contribution in [2.75, 3.05) is 18.0 Å². The average Bonchev–Trinajstić information content (AvgIpc) is 2.85. The third kappa shape index (κ3) is 2.81. The lowest BCUT2D eigenvalue weighted by Gasteiger charge is -2.34. The molecule has 5 heteroatoms. The standard InChI is InChI=1S/C15H21N5/c1-12-8-15(18-11-17-12)20-6-3-4-14(10-20)9-19-7-5-16-13(19)2/h5,7-8,11,14H,3-4,6,9-10H2,1-2H3/t14-/m0/s1. The monoisotopic (exact) mass is 271 g/mol. The van der Waals surface area contributed by atoms with Crippen LogP contribution in [0.3, 0.4) is 0 Å². The van der Waals surface area contributed by atoms with Crippen molar-refractivity contribution in [1.82, 2.24) is 19.5 Å². The second kappa shape index (κ2) is 5.61. The first-order valence-corrected chi connectivity index (χ1v) is 7.23. The maximum Gasteiger partial charge on any atom is 0.132 e. The molecule has 0 radical (unpaired) electrons. The van der Waals surface area contributed by atoms with Crippen molar-refractivity contribution < 1.29 is 0 Å². The second-order valence-electron chi connectivity index (χ2n) is 5.60. The van der Waals surface area contributed by atoms with E-state index < -0.39 is 0 Å². The summed E-state index contributed by atoms with van der Waals surface area (Å²) in [4.78, 5) is 15.3. The Hall–Kier alpha value is -1.91. The Morgan fingerprint density at radius 2 is 2.15 bits per heavy atom. The molecule has 0 amide bonds. The zero-order valence-corrected chi connectivity index (χ0v) is 12.2. The van der Waals surface area contributed by atoms with Gasteiger partial charge in [-0.3, -0.25) is 0 Å². The quantitative estimate of drug-likeness (QED) is 0.858. The summed E-state index contributed by atoms with van der Waals surface area (Å²) in [5.41, 5.74) is 1.03. The van der Waals surface area contributed by atoms with Gasteiger partial charge in [-0.05, 0) is 32.6 Å². The molecule has 0 unspecified atom stereocenters. The molecule has 2 aromatic rings. The predicted molar refractivity (Wildman–Crippen MR) is 78.7 cm³/mol. The van der Waals surface area contributed by atoms with E-state index in [0.717, 1.165) is 37.0 Å². The summed E-state index contributed by atoms with van der Waals surface area (Å²) in [6.45, 7) is 7.28. The molecule has 0 saturated carbocycles. The van der Waals surface area contributed by atoms with Crippen LogP contribution < -0.4 is 4.90 Å². The number of imidazole rings is 1. The summed E-state index contributed by atoms with van der Waals surface area (Å²) >= 11 is 0. The van der Waals surface area contributed by atoms with Crippen molar-refractivity contribution in [3.05, 3.63) is 36.3 Å². The molecule has 1 saturated heterocycles. The normalized spacial score (nSPS) is 19.3. The van der Waals surface area contributed by atoms with Crippen molar-refractivity contribution in [1.29, 1.82) is 0 Å². The zero-order valence-electron chi connectivity index (χ0n) is 12.2. The number of anilines is 1. The van der Waals surface area contributed by atoms with Gasteiger partial charge >= 0.3 is 0 Å². The van der Waals surface area contributed by atoms with Gasteiger partial charge < -0.3 is 9.47 Å². The molecule has 5 nitrogen and oxygen atoms in total. The molecule has 0 aliphatic carbocycles. The van der Waals surface area contributed by atoms with Gasteiger partial charge in [0.2, 0.25) is 0 Å². The lowest BCUT2D eigenvalue weighted by atomic mass is 9.98. The van der Waals surface area contributed by atoms with Crippen LogP contribution in [0.2, 0.25) is 0 Å². The molecule has 3 heterocycles. The maximum absolute atomic E-state index is 4.41. The van der Waals surface area contributed by atoms with Gasteiger partial charge in [0.1, 0.15) is 18.0 Å². The fourth-order valence-corrected chi connectivity index (χ4v) is 2.91. The minimum absolute atomic E-state index is 0.659. The minimum Gasteiger partial charge on any atom is -0.356 e. The largest absolute Gasteiger partial charge is 0.356 e. The van der Waals surface area contributed by atoms with Crippen LogP contribution in [0.15, 0.2) is 24.8 Å². The smallest absolute Gasteiger partial charge is 0.132 e. The Balaban J connectivity index is 1.69. The summed E-state index contributed by atoms with van der Waals surface area (Å²) in [6.07, 6.45) is 8.11. The van der Waals surface area contributed by atoms with Crippen LogP contribution in [0.1, 0.15) is 24.4 Å². The Morgan fingerprint density at radius 3 is 2.90 bits per heavy atom. The summed E-state index contributed by atoms with van der Waals surface area (Å²) in [6, 6.07) is 2.07. The first kappa shape index (κ1) is 13.1. The number of aryl methyl sites for hydroxylation is 2. The highest BCUT2D eigenvalue weighted by atomic mass is 15.2. The van der Waals surface area contributed by atoms with Crippen LogP contribution in [-0.4, -0.2) is 32.6 Å². The minimum atomic E-state index is 0.659. The number of nitrogens with zero attached hydrogens (tertiary/aromatic N) is 5. The van der Waals surface area contributed by atoms with Crippen molar-refractivity contribution in [3.63, 3.8) is 0 Å². The van der Waals surface area contributed by atoms with E-state index in [-0.39, 0.29) is 0 Å². The topological polar surface area (TPSA) is 46.8 Å². The Morgan fingerprint density at radius 1 is 1.25 bits per heavy atom. The second-order valence-corrected chi connectivity index (χ2v) is 5.60. The molecule has 2 aromatic heterocycles. The molecular weight excluding hydrogens is 250 g/mol. The van der Waals surface area contributed by atoms with E-state index in [2.05, 4.69) is 43.6 Å². The molecule has 0 bridgehead atoms. The first-order valence-electron chi connectivity index (χ1n) is 7.23. The van der Waals surface area contributed by atoms with Crippen molar-refractivity contribution in [2.45, 2.75) is 33.2 Å². The van der Waals surface area contributed by atoms with E-state index in [9.17, 15) is 0 Å². The van der Waals surface area contributed by atoms with Gasteiger partial charge in [0, 0.05) is 43.8 Å². The Kier molecular flexibility index (Phi) is 3.67. The van der Waals surface area contributed by atoms with E-state index in [1.54, 1.807) is 6.33 Å². The lowest BCUT2D eigenvalue weighted by Crippen LogP contribution is -2.37. The SMILES string of the molecule is Cc1cc(N2CCC[C@@H](Cn3ccnc3C)C2)ncn1. The molecule has 1 fully saturated rings. The maximum atomic E-state index is 4.41. The lowest BCUT2D eigenvalue weighted by molar-refractivity contribution is 0.362. The molecule has 0 N–H and O–H groups in total. The summed E-state index contributed by atoms with van der Waals surface area (Å²) < 4.78 is 2.25. The highest BCUT2D eigenvalue weighted by Gasteiger charge is 2.21. The molecule has 0 spiro atoms. The molecule has 106 valence electrons. The van der Waals surface area contributed by atoms with Gasteiger partial charge in [-0.25, -0.2) is 15.0 Å². The molecule has 1 atom stereocenters. The van der Waals surface area contributed by atoms with Gasteiger partial charge in [-0.2, -0.15) is 0 Å². The fourth-order valence-electron chi connectivity index (χ4n) is 2.91. The molecule has 0 aromatic carbocycles. The third-order valence-corrected chi connectivity index (χ3v) is 4.01. The van der Waals surface area contributed by atoms with Crippen LogP contribution in [0.4, 0.5) is 5.82 Å². The summed E-state index contributed by atoms with van der Waals surface area (Å²) in [7, 11) is 0. The van der Waals surface area contributed by atoms with Crippen LogP contribution >= 0.6 is 0 Å². The van der Waals surface area contributed by atoms with Crippen LogP contribution in [0.5, 0.6) is 0 Å². The van der Waals surface area contributed by atoms with Gasteiger partial charge in [0.15, 0.2) is 0 Å². The summed E-state index contributed by atoms with van der Waals surface area (Å²) in [5.74, 6) is 2.82. The molecule has 1 aliphatic rings. The van der Waals surface area contributed by atoms with Gasteiger partial charge in [0.25, 0.3) is 0 Å². The number of hydrogen-bond donors (Lipinski definition) is 0. The fraction of sp³-hybridized carbons (Fsp3) is 0.533. The zero-order chi connectivity index (χ0) is 13.9. The van der Waals surface area contributed by atoms with Gasteiger partial charge in [-0.1, -0.05) is 0 Å². The highest BCUT2D eigenvalue weighted by molar-refractivity contribution is 5.39. The van der Waals surface area contributed by atoms with Crippen LogP contribution in [-0.2, 0) is 6.54 Å². The molecule has 1 aliphatic heterocycles. The van der Waals surface area contributed by atoms with E-state index in [1.807, 2.05) is 13.1 Å². The first-order chi connectivity index (χ1) is 9.72. The molecule has 20 heavy (non-hydrogen) atoms. The summed E-state index contributed by atoms with van der Waals surface area (Å²) in [5, 5.41) is 0. The molecule has 3 rings (SSSR count). The van der Waals surface area contributed by atoms with E-state index >= 15 is 0 Å². The van der Waals surface area contributed by atoms with E-state index in [1.165, 1.54) is 12.8 Å². The average molecular weight is 271 g/mol.